The molecule has 150 valence electrons. The number of hydrogen-bond donors (Lipinski definition) is 1. The molecule has 0 fully saturated rings. The third-order valence-corrected chi connectivity index (χ3v) is 4.57. The first-order valence-corrected chi connectivity index (χ1v) is 9.28. The number of hydrogen-bond acceptors (Lipinski definition) is 5. The minimum Gasteiger partial charge on any atom is -0.496 e. The van der Waals surface area contributed by atoms with Gasteiger partial charge in [0.2, 0.25) is 0 Å². The van der Waals surface area contributed by atoms with Gasteiger partial charge in [-0.1, -0.05) is 18.2 Å². The maximum absolute atomic E-state index is 12.9. The van der Waals surface area contributed by atoms with Crippen LogP contribution in [0.3, 0.4) is 0 Å². The van der Waals surface area contributed by atoms with Crippen LogP contribution >= 0.6 is 0 Å². The summed E-state index contributed by atoms with van der Waals surface area (Å²) in [5, 5.41) is 2.86. The van der Waals surface area contributed by atoms with Crippen molar-refractivity contribution in [1.82, 2.24) is 14.9 Å². The quantitative estimate of drug-likeness (QED) is 0.535. The summed E-state index contributed by atoms with van der Waals surface area (Å²) in [4.78, 5) is 29.5. The van der Waals surface area contributed by atoms with Crippen molar-refractivity contribution in [1.29, 1.82) is 0 Å². The molecule has 3 aromatic heterocycles. The molecular formula is C23H19N3O4. The van der Waals surface area contributed by atoms with Crippen molar-refractivity contribution >= 4 is 5.91 Å². The second kappa shape index (κ2) is 8.48. The summed E-state index contributed by atoms with van der Waals surface area (Å²) >= 11 is 0. The molecule has 0 bridgehead atoms. The standard InChI is InChI=1S/C23H19N3O4/c1-29-21-11-22(27)26(18-6-3-2-4-7-18)15-19(21)23(28)25-13-16-10-17(14-24-12-16)20-8-5-9-30-20/h2-12,14-15H,13H2,1H3,(H,25,28). The van der Waals surface area contributed by atoms with Gasteiger partial charge in [-0.25, -0.2) is 0 Å². The molecule has 0 spiro atoms. The summed E-state index contributed by atoms with van der Waals surface area (Å²) in [7, 11) is 1.43. The van der Waals surface area contributed by atoms with Gasteiger partial charge in [0.15, 0.2) is 0 Å². The molecule has 4 rings (SSSR count). The second-order valence-electron chi connectivity index (χ2n) is 6.54. The van der Waals surface area contributed by atoms with E-state index >= 15 is 0 Å². The van der Waals surface area contributed by atoms with Gasteiger partial charge < -0.3 is 14.5 Å². The normalized spacial score (nSPS) is 10.6. The highest BCUT2D eigenvalue weighted by molar-refractivity contribution is 5.96. The van der Waals surface area contributed by atoms with Gasteiger partial charge in [-0.05, 0) is 35.9 Å². The zero-order chi connectivity index (χ0) is 20.9. The highest BCUT2D eigenvalue weighted by Crippen LogP contribution is 2.20. The fourth-order valence-corrected chi connectivity index (χ4v) is 3.08. The number of aromatic nitrogens is 2. The van der Waals surface area contributed by atoms with E-state index in [4.69, 9.17) is 9.15 Å². The summed E-state index contributed by atoms with van der Waals surface area (Å²) in [5.41, 5.74) is 2.27. The third-order valence-electron chi connectivity index (χ3n) is 4.57. The lowest BCUT2D eigenvalue weighted by Crippen LogP contribution is -2.27. The fourth-order valence-electron chi connectivity index (χ4n) is 3.08. The van der Waals surface area contributed by atoms with E-state index in [1.807, 2.05) is 30.3 Å². The number of para-hydroxylation sites is 1. The van der Waals surface area contributed by atoms with Crippen LogP contribution in [0, 0.1) is 0 Å². The maximum Gasteiger partial charge on any atom is 0.258 e. The van der Waals surface area contributed by atoms with Crippen molar-refractivity contribution in [2.45, 2.75) is 6.54 Å². The zero-order valence-electron chi connectivity index (χ0n) is 16.2. The molecule has 0 unspecified atom stereocenters. The van der Waals surface area contributed by atoms with E-state index in [-0.39, 0.29) is 29.3 Å². The van der Waals surface area contributed by atoms with Crippen molar-refractivity contribution in [2.75, 3.05) is 7.11 Å². The number of nitrogens with zero attached hydrogens (tertiary/aromatic N) is 2. The highest BCUT2D eigenvalue weighted by Gasteiger charge is 2.16. The van der Waals surface area contributed by atoms with Crippen LogP contribution in [0.5, 0.6) is 5.75 Å². The molecule has 0 radical (unpaired) electrons. The van der Waals surface area contributed by atoms with Crippen LogP contribution in [-0.4, -0.2) is 22.6 Å². The molecule has 7 heteroatoms. The highest BCUT2D eigenvalue weighted by atomic mass is 16.5. The molecule has 0 aliphatic rings. The second-order valence-corrected chi connectivity index (χ2v) is 6.54. The van der Waals surface area contributed by atoms with Gasteiger partial charge in [-0.2, -0.15) is 0 Å². The summed E-state index contributed by atoms with van der Waals surface area (Å²) in [6.07, 6.45) is 6.46. The van der Waals surface area contributed by atoms with E-state index in [1.165, 1.54) is 23.9 Å². The van der Waals surface area contributed by atoms with Crippen LogP contribution in [0.1, 0.15) is 15.9 Å². The number of carbonyl (C=O) groups is 1. The van der Waals surface area contributed by atoms with Crippen LogP contribution < -0.4 is 15.6 Å². The van der Waals surface area contributed by atoms with Crippen molar-refractivity contribution < 1.29 is 13.9 Å². The molecule has 1 N–H and O–H groups in total. The number of nitrogens with one attached hydrogen (secondary N) is 1. The van der Waals surface area contributed by atoms with Crippen molar-refractivity contribution in [3.63, 3.8) is 0 Å². The largest absolute Gasteiger partial charge is 0.496 e. The van der Waals surface area contributed by atoms with E-state index in [0.29, 0.717) is 11.4 Å². The van der Waals surface area contributed by atoms with Crippen molar-refractivity contribution in [2.24, 2.45) is 0 Å². The minimum atomic E-state index is -0.361. The van der Waals surface area contributed by atoms with Gasteiger partial charge in [0, 0.05) is 42.5 Å². The lowest BCUT2D eigenvalue weighted by atomic mass is 10.1. The van der Waals surface area contributed by atoms with Gasteiger partial charge in [-0.15, -0.1) is 0 Å². The van der Waals surface area contributed by atoms with E-state index in [1.54, 1.807) is 36.9 Å². The first kappa shape index (κ1) is 19.2. The molecule has 1 aromatic carbocycles. The van der Waals surface area contributed by atoms with E-state index in [2.05, 4.69) is 10.3 Å². The fraction of sp³-hybridized carbons (Fsp3) is 0.0870. The summed E-state index contributed by atoms with van der Waals surface area (Å²) in [6, 6.07) is 15.9. The Morgan fingerprint density at radius 2 is 1.97 bits per heavy atom. The predicted molar refractivity (Wildman–Crippen MR) is 112 cm³/mol. The maximum atomic E-state index is 12.9. The number of furan rings is 1. The smallest absolute Gasteiger partial charge is 0.258 e. The molecule has 3 heterocycles. The molecule has 0 atom stereocenters. The molecule has 0 aliphatic heterocycles. The lowest BCUT2D eigenvalue weighted by Gasteiger charge is -2.13. The van der Waals surface area contributed by atoms with Crippen LogP contribution in [0.2, 0.25) is 0 Å². The minimum absolute atomic E-state index is 0.215. The number of rotatable bonds is 6. The third kappa shape index (κ3) is 4.00. The van der Waals surface area contributed by atoms with E-state index in [9.17, 15) is 9.59 Å². The summed E-state index contributed by atoms with van der Waals surface area (Å²) < 4.78 is 12.1. The number of benzene rings is 1. The average molecular weight is 401 g/mol. The Labute approximate surface area is 172 Å². The number of pyridine rings is 2. The predicted octanol–water partition coefficient (Wildman–Crippen LogP) is 3.43. The Hall–Kier alpha value is -4.13. The number of amides is 1. The molecule has 4 aromatic rings. The van der Waals surface area contributed by atoms with E-state index in [0.717, 1.165) is 11.1 Å². The van der Waals surface area contributed by atoms with Crippen LogP contribution in [0.15, 0.2) is 88.7 Å². The monoisotopic (exact) mass is 401 g/mol. The van der Waals surface area contributed by atoms with Gasteiger partial charge >= 0.3 is 0 Å². The van der Waals surface area contributed by atoms with Gasteiger partial charge in [0.05, 0.1) is 18.9 Å². The lowest BCUT2D eigenvalue weighted by molar-refractivity contribution is 0.0947. The molecule has 7 nitrogen and oxygen atoms in total. The Morgan fingerprint density at radius 1 is 1.13 bits per heavy atom. The molecule has 0 saturated heterocycles. The van der Waals surface area contributed by atoms with Crippen LogP contribution in [-0.2, 0) is 6.54 Å². The molecule has 1 amide bonds. The number of carbonyl (C=O) groups excluding carboxylic acids is 1. The Morgan fingerprint density at radius 3 is 2.70 bits per heavy atom. The Bertz CT molecular complexity index is 1210. The van der Waals surface area contributed by atoms with Crippen LogP contribution in [0.25, 0.3) is 17.0 Å². The zero-order valence-corrected chi connectivity index (χ0v) is 16.2. The summed E-state index contributed by atoms with van der Waals surface area (Å²) in [5.74, 6) is 0.555. The topological polar surface area (TPSA) is 86.4 Å². The number of ether oxygens (including phenoxy) is 1. The van der Waals surface area contributed by atoms with Gasteiger partial charge in [0.25, 0.3) is 11.5 Å². The Balaban J connectivity index is 1.58. The van der Waals surface area contributed by atoms with Gasteiger partial charge in [0.1, 0.15) is 11.5 Å². The first-order chi connectivity index (χ1) is 14.7. The average Bonchev–Trinajstić information content (AvgIpc) is 3.33. The van der Waals surface area contributed by atoms with Crippen LogP contribution in [0.4, 0.5) is 0 Å². The number of methoxy groups -OCH3 is 1. The first-order valence-electron chi connectivity index (χ1n) is 9.28. The molecular weight excluding hydrogens is 382 g/mol. The van der Waals surface area contributed by atoms with Crippen molar-refractivity contribution in [3.05, 3.63) is 101 Å². The van der Waals surface area contributed by atoms with E-state index < -0.39 is 0 Å². The Kier molecular flexibility index (Phi) is 5.43. The molecule has 30 heavy (non-hydrogen) atoms. The molecule has 0 aliphatic carbocycles. The molecule has 0 saturated carbocycles. The summed E-state index contributed by atoms with van der Waals surface area (Å²) in [6.45, 7) is 0.258. The SMILES string of the molecule is COc1cc(=O)n(-c2ccccc2)cc1C(=O)NCc1cncc(-c2ccco2)c1. The van der Waals surface area contributed by atoms with Crippen molar-refractivity contribution in [3.8, 4) is 22.8 Å². The van der Waals surface area contributed by atoms with Gasteiger partial charge in [-0.3, -0.25) is 19.1 Å².